The number of benzene rings is 1. The molecule has 0 radical (unpaired) electrons. The van der Waals surface area contributed by atoms with Gasteiger partial charge in [-0.2, -0.15) is 0 Å². The van der Waals surface area contributed by atoms with Gasteiger partial charge < -0.3 is 29.9 Å². The number of nitrogens with zero attached hydrogens (tertiary/aromatic N) is 2. The zero-order valence-corrected chi connectivity index (χ0v) is 21.0. The smallest absolute Gasteiger partial charge is 0.410 e. The van der Waals surface area contributed by atoms with Gasteiger partial charge in [-0.05, 0) is 52.8 Å². The third-order valence-electron chi connectivity index (χ3n) is 5.14. The predicted molar refractivity (Wildman–Crippen MR) is 128 cm³/mol. The third kappa shape index (κ3) is 8.14. The van der Waals surface area contributed by atoms with E-state index >= 15 is 0 Å². The molecule has 0 bridgehead atoms. The van der Waals surface area contributed by atoms with Gasteiger partial charge in [0.1, 0.15) is 17.5 Å². The Hall–Kier alpha value is -2.97. The van der Waals surface area contributed by atoms with Gasteiger partial charge in [0, 0.05) is 43.9 Å². The first-order chi connectivity index (χ1) is 15.2. The molecule has 0 spiro atoms. The van der Waals surface area contributed by atoms with E-state index in [-0.39, 0.29) is 36.4 Å². The van der Waals surface area contributed by atoms with Gasteiger partial charge in [-0.15, -0.1) is 0 Å². The van der Waals surface area contributed by atoms with Crippen LogP contribution >= 0.6 is 0 Å². The van der Waals surface area contributed by atoms with Crippen LogP contribution in [-0.4, -0.2) is 72.8 Å². The average Bonchev–Trinajstić information content (AvgIpc) is 2.69. The summed E-state index contributed by atoms with van der Waals surface area (Å²) in [6, 6.07) is 4.94. The van der Waals surface area contributed by atoms with Gasteiger partial charge in [0.15, 0.2) is 0 Å². The maximum absolute atomic E-state index is 12.8. The molecule has 0 fully saturated rings. The van der Waals surface area contributed by atoms with Crippen LogP contribution in [0.1, 0.15) is 47.1 Å². The number of fused-ring (bicyclic) bond motifs is 1. The standard InChI is InChI=1S/C24H38N4O5/c1-15(2)25-22(30)26-18-9-10-19-17(11-18)12-21(29)27(7)13-16(3)20(32-19)14-28(8)23(31)33-24(4,5)6/h9-11,15-16,20H,12-14H2,1-8H3,(H2,25,26,30)/t16-,20-/m0/s1. The van der Waals surface area contributed by atoms with Gasteiger partial charge in [0.2, 0.25) is 5.91 Å². The van der Waals surface area contributed by atoms with Crippen molar-refractivity contribution < 1.29 is 23.9 Å². The minimum Gasteiger partial charge on any atom is -0.488 e. The van der Waals surface area contributed by atoms with E-state index in [0.717, 1.165) is 0 Å². The van der Waals surface area contributed by atoms with E-state index < -0.39 is 11.7 Å². The van der Waals surface area contributed by atoms with Gasteiger partial charge in [-0.25, -0.2) is 9.59 Å². The number of nitrogens with one attached hydrogen (secondary N) is 2. The van der Waals surface area contributed by atoms with E-state index in [1.54, 1.807) is 37.2 Å². The number of anilines is 1. The van der Waals surface area contributed by atoms with Crippen molar-refractivity contribution in [3.05, 3.63) is 23.8 Å². The van der Waals surface area contributed by atoms with Crippen molar-refractivity contribution in [3.8, 4) is 5.75 Å². The number of carbonyl (C=O) groups excluding carboxylic acids is 3. The number of likely N-dealkylation sites (N-methyl/N-ethyl adjacent to an activating group) is 2. The van der Waals surface area contributed by atoms with Crippen LogP contribution in [-0.2, 0) is 16.0 Å². The van der Waals surface area contributed by atoms with Gasteiger partial charge >= 0.3 is 12.1 Å². The molecule has 0 saturated heterocycles. The monoisotopic (exact) mass is 462 g/mol. The molecule has 0 aromatic heterocycles. The maximum atomic E-state index is 12.8. The van der Waals surface area contributed by atoms with Gasteiger partial charge in [-0.3, -0.25) is 4.79 Å². The van der Waals surface area contributed by atoms with Gasteiger partial charge in [0.05, 0.1) is 13.0 Å². The molecule has 4 amide bonds. The number of hydrogen-bond donors (Lipinski definition) is 2. The highest BCUT2D eigenvalue weighted by molar-refractivity contribution is 5.90. The Morgan fingerprint density at radius 2 is 1.97 bits per heavy atom. The fraction of sp³-hybridized carbons (Fsp3) is 0.625. The van der Waals surface area contributed by atoms with Crippen molar-refractivity contribution in [2.24, 2.45) is 5.92 Å². The van der Waals surface area contributed by atoms with Crippen LogP contribution in [0.4, 0.5) is 15.3 Å². The van der Waals surface area contributed by atoms with E-state index in [4.69, 9.17) is 9.47 Å². The van der Waals surface area contributed by atoms with Crippen molar-refractivity contribution in [3.63, 3.8) is 0 Å². The molecule has 0 saturated carbocycles. The molecule has 1 aromatic rings. The summed E-state index contributed by atoms with van der Waals surface area (Å²) in [5, 5.41) is 5.56. The molecule has 9 nitrogen and oxygen atoms in total. The molecule has 1 heterocycles. The Labute approximate surface area is 196 Å². The molecule has 1 aromatic carbocycles. The second-order valence-corrected chi connectivity index (χ2v) is 10.0. The molecule has 2 rings (SSSR count). The van der Waals surface area contributed by atoms with Crippen LogP contribution < -0.4 is 15.4 Å². The SMILES string of the molecule is CC(C)NC(=O)Nc1ccc2c(c1)CC(=O)N(C)C[C@H](C)[C@H](CN(C)C(=O)OC(C)(C)C)O2. The number of hydrogen-bond acceptors (Lipinski definition) is 5. The Balaban J connectivity index is 2.27. The van der Waals surface area contributed by atoms with E-state index in [2.05, 4.69) is 10.6 Å². The average molecular weight is 463 g/mol. The first kappa shape index (κ1) is 26.3. The van der Waals surface area contributed by atoms with Crippen molar-refractivity contribution >= 4 is 23.7 Å². The highest BCUT2D eigenvalue weighted by Crippen LogP contribution is 2.28. The van der Waals surface area contributed by atoms with E-state index in [0.29, 0.717) is 30.1 Å². The molecular formula is C24H38N4O5. The molecule has 1 aliphatic heterocycles. The molecule has 33 heavy (non-hydrogen) atoms. The second kappa shape index (κ2) is 10.8. The number of urea groups is 1. The molecule has 0 unspecified atom stereocenters. The molecule has 2 N–H and O–H groups in total. The summed E-state index contributed by atoms with van der Waals surface area (Å²) in [6.07, 6.45) is -0.648. The van der Waals surface area contributed by atoms with Crippen LogP contribution in [0.2, 0.25) is 0 Å². The summed E-state index contributed by atoms with van der Waals surface area (Å²) in [6.45, 7) is 12.0. The lowest BCUT2D eigenvalue weighted by molar-refractivity contribution is -0.129. The lowest BCUT2D eigenvalue weighted by Crippen LogP contribution is -2.45. The van der Waals surface area contributed by atoms with Crippen LogP contribution in [0.5, 0.6) is 5.75 Å². The van der Waals surface area contributed by atoms with Crippen LogP contribution in [0.15, 0.2) is 18.2 Å². The Kier molecular flexibility index (Phi) is 8.57. The summed E-state index contributed by atoms with van der Waals surface area (Å²) in [5.74, 6) is 0.476. The minimum absolute atomic E-state index is 0.000575. The number of ether oxygens (including phenoxy) is 2. The zero-order chi connectivity index (χ0) is 24.9. The van der Waals surface area contributed by atoms with Crippen LogP contribution in [0.3, 0.4) is 0 Å². The largest absolute Gasteiger partial charge is 0.488 e. The lowest BCUT2D eigenvalue weighted by Gasteiger charge is -2.31. The molecule has 184 valence electrons. The van der Waals surface area contributed by atoms with Crippen LogP contribution in [0.25, 0.3) is 0 Å². The summed E-state index contributed by atoms with van der Waals surface area (Å²) in [5.41, 5.74) is 0.648. The quantitative estimate of drug-likeness (QED) is 0.714. The van der Waals surface area contributed by atoms with Crippen LogP contribution in [0, 0.1) is 5.92 Å². The first-order valence-electron chi connectivity index (χ1n) is 11.3. The molecular weight excluding hydrogens is 424 g/mol. The molecule has 2 atom stereocenters. The normalized spacial score (nSPS) is 18.9. The molecule has 1 aliphatic rings. The van der Waals surface area contributed by atoms with E-state index in [1.165, 1.54) is 4.90 Å². The predicted octanol–water partition coefficient (Wildman–Crippen LogP) is 3.48. The van der Waals surface area contributed by atoms with E-state index in [9.17, 15) is 14.4 Å². The second-order valence-electron chi connectivity index (χ2n) is 10.0. The summed E-state index contributed by atoms with van der Waals surface area (Å²) in [4.78, 5) is 40.5. The Morgan fingerprint density at radius 3 is 2.58 bits per heavy atom. The zero-order valence-electron chi connectivity index (χ0n) is 21.0. The fourth-order valence-corrected chi connectivity index (χ4v) is 3.47. The Bertz CT molecular complexity index is 865. The summed E-state index contributed by atoms with van der Waals surface area (Å²) in [7, 11) is 3.43. The number of amides is 4. The Morgan fingerprint density at radius 1 is 1.30 bits per heavy atom. The first-order valence-corrected chi connectivity index (χ1v) is 11.3. The minimum atomic E-state index is -0.596. The molecule has 9 heteroatoms. The van der Waals surface area contributed by atoms with Crippen molar-refractivity contribution in [2.45, 2.75) is 65.7 Å². The van der Waals surface area contributed by atoms with Gasteiger partial charge in [-0.1, -0.05) is 6.92 Å². The maximum Gasteiger partial charge on any atom is 0.410 e. The number of carbonyl (C=O) groups is 3. The number of rotatable bonds is 4. The molecule has 0 aliphatic carbocycles. The summed E-state index contributed by atoms with van der Waals surface area (Å²) < 4.78 is 11.8. The highest BCUT2D eigenvalue weighted by atomic mass is 16.6. The fourth-order valence-electron chi connectivity index (χ4n) is 3.47. The topological polar surface area (TPSA) is 100 Å². The summed E-state index contributed by atoms with van der Waals surface area (Å²) >= 11 is 0. The van der Waals surface area contributed by atoms with Crippen molar-refractivity contribution in [2.75, 3.05) is 32.5 Å². The van der Waals surface area contributed by atoms with Gasteiger partial charge in [0.25, 0.3) is 0 Å². The lowest BCUT2D eigenvalue weighted by atomic mass is 10.0. The van der Waals surface area contributed by atoms with Crippen molar-refractivity contribution in [1.82, 2.24) is 15.1 Å². The van der Waals surface area contributed by atoms with Crippen molar-refractivity contribution in [1.29, 1.82) is 0 Å². The highest BCUT2D eigenvalue weighted by Gasteiger charge is 2.30. The third-order valence-corrected chi connectivity index (χ3v) is 5.14. The van der Waals surface area contributed by atoms with E-state index in [1.807, 2.05) is 41.5 Å².